The van der Waals surface area contributed by atoms with E-state index in [1.165, 1.54) is 51.4 Å². The van der Waals surface area contributed by atoms with Crippen LogP contribution in [0.5, 0.6) is 0 Å². The molecule has 120 valence electrons. The monoisotopic (exact) mass is 291 g/mol. The van der Waals surface area contributed by atoms with Gasteiger partial charge in [0.25, 0.3) is 0 Å². The van der Waals surface area contributed by atoms with Gasteiger partial charge in [-0.15, -0.1) is 0 Å². The van der Waals surface area contributed by atoms with Gasteiger partial charge in [-0.25, -0.2) is 0 Å². The molecule has 2 heteroatoms. The maximum Gasteiger partial charge on any atom is 0.0582 e. The molecule has 4 aliphatic carbocycles. The first-order valence-electron chi connectivity index (χ1n) is 9.40. The molecule has 3 N–H and O–H groups in total. The van der Waals surface area contributed by atoms with Crippen molar-refractivity contribution in [3.05, 3.63) is 0 Å². The average Bonchev–Trinajstić information content (AvgIpc) is 2.73. The molecule has 21 heavy (non-hydrogen) atoms. The molecular weight excluding hydrogens is 258 g/mol. The van der Waals surface area contributed by atoms with Gasteiger partial charge in [-0.05, 0) is 79.4 Å². The quantitative estimate of drug-likeness (QED) is 0.714. The van der Waals surface area contributed by atoms with Crippen molar-refractivity contribution in [2.75, 3.05) is 0 Å². The Kier molecular flexibility index (Phi) is 3.25. The van der Waals surface area contributed by atoms with Crippen molar-refractivity contribution in [1.29, 1.82) is 0 Å². The largest absolute Gasteiger partial charge is 0.393 e. The maximum atomic E-state index is 11.1. The summed E-state index contributed by atoms with van der Waals surface area (Å²) in [6.07, 6.45) is 11.7. The Bertz CT molecular complexity index is 424. The molecule has 8 atom stereocenters. The summed E-state index contributed by atoms with van der Waals surface area (Å²) < 4.78 is 0. The molecule has 4 fully saturated rings. The van der Waals surface area contributed by atoms with Crippen LogP contribution in [0.1, 0.15) is 71.6 Å². The normalized spacial score (nSPS) is 60.0. The van der Waals surface area contributed by atoms with Crippen molar-refractivity contribution in [2.45, 2.75) is 83.8 Å². The van der Waals surface area contributed by atoms with E-state index in [9.17, 15) is 5.11 Å². The average molecular weight is 291 g/mol. The number of aliphatic hydroxyl groups excluding tert-OH is 1. The van der Waals surface area contributed by atoms with E-state index in [1.807, 2.05) is 0 Å². The van der Waals surface area contributed by atoms with Crippen LogP contribution in [0.25, 0.3) is 0 Å². The van der Waals surface area contributed by atoms with Gasteiger partial charge in [0.2, 0.25) is 0 Å². The van der Waals surface area contributed by atoms with E-state index in [0.717, 1.165) is 24.2 Å². The Balaban J connectivity index is 1.70. The lowest BCUT2D eigenvalue weighted by molar-refractivity contribution is -0.164. The molecule has 0 amide bonds. The summed E-state index contributed by atoms with van der Waals surface area (Å²) in [7, 11) is 0. The molecule has 0 spiro atoms. The Labute approximate surface area is 129 Å². The molecule has 0 heterocycles. The summed E-state index contributed by atoms with van der Waals surface area (Å²) >= 11 is 0. The van der Waals surface area contributed by atoms with Gasteiger partial charge in [0.1, 0.15) is 0 Å². The minimum atomic E-state index is -0.105. The highest BCUT2D eigenvalue weighted by Crippen LogP contribution is 2.65. The Hall–Kier alpha value is -0.0800. The zero-order valence-electron chi connectivity index (χ0n) is 13.9. The van der Waals surface area contributed by atoms with Gasteiger partial charge in [0, 0.05) is 6.04 Å². The SMILES string of the molecule is C[C@]12CCCC[C@H]1CC[C@@H]1[C@@H]2[C@@H](O)C[C@]2(C)[C@@H](N)CC[C@@H]12. The molecule has 2 nitrogen and oxygen atoms in total. The topological polar surface area (TPSA) is 46.2 Å². The first kappa shape index (κ1) is 14.5. The Morgan fingerprint density at radius 3 is 2.57 bits per heavy atom. The summed E-state index contributed by atoms with van der Waals surface area (Å²) in [5.74, 6) is 2.95. The van der Waals surface area contributed by atoms with Crippen molar-refractivity contribution in [2.24, 2.45) is 40.2 Å². The van der Waals surface area contributed by atoms with Crippen LogP contribution in [0.2, 0.25) is 0 Å². The molecule has 0 unspecified atom stereocenters. The minimum Gasteiger partial charge on any atom is -0.393 e. The van der Waals surface area contributed by atoms with E-state index in [4.69, 9.17) is 5.73 Å². The van der Waals surface area contributed by atoms with E-state index in [1.54, 1.807) is 0 Å². The zero-order valence-corrected chi connectivity index (χ0v) is 13.9. The van der Waals surface area contributed by atoms with Crippen LogP contribution < -0.4 is 5.73 Å². The highest BCUT2D eigenvalue weighted by atomic mass is 16.3. The van der Waals surface area contributed by atoms with Crippen LogP contribution in [0, 0.1) is 34.5 Å². The molecule has 4 saturated carbocycles. The zero-order chi connectivity index (χ0) is 14.8. The van der Waals surface area contributed by atoms with E-state index in [-0.39, 0.29) is 11.5 Å². The summed E-state index contributed by atoms with van der Waals surface area (Å²) in [5, 5.41) is 11.1. The highest BCUT2D eigenvalue weighted by molar-refractivity contribution is 5.12. The standard InChI is InChI=1S/C19H33NO/c1-18-10-4-3-5-12(18)6-7-13-14-8-9-16(20)19(14,2)11-15(21)17(13)18/h12-17,21H,3-11,20H2,1-2H3/t12-,13-,14-,15-,16-,17+,18-,19-/m0/s1. The Morgan fingerprint density at radius 2 is 1.76 bits per heavy atom. The fourth-order valence-electron chi connectivity index (χ4n) is 7.46. The summed E-state index contributed by atoms with van der Waals surface area (Å²) in [5.41, 5.74) is 7.08. The molecule has 0 radical (unpaired) electrons. The lowest BCUT2D eigenvalue weighted by Crippen LogP contribution is -2.59. The number of hydrogen-bond acceptors (Lipinski definition) is 2. The predicted molar refractivity (Wildman–Crippen MR) is 85.7 cm³/mol. The van der Waals surface area contributed by atoms with Gasteiger partial charge in [-0.2, -0.15) is 0 Å². The van der Waals surface area contributed by atoms with Crippen molar-refractivity contribution in [3.8, 4) is 0 Å². The lowest BCUT2D eigenvalue weighted by atomic mass is 9.44. The summed E-state index contributed by atoms with van der Waals surface area (Å²) in [4.78, 5) is 0. The number of fused-ring (bicyclic) bond motifs is 5. The molecule has 0 aromatic rings. The van der Waals surface area contributed by atoms with Gasteiger partial charge >= 0.3 is 0 Å². The smallest absolute Gasteiger partial charge is 0.0582 e. The predicted octanol–water partition coefficient (Wildman–Crippen LogP) is 3.72. The van der Waals surface area contributed by atoms with Crippen LogP contribution >= 0.6 is 0 Å². The third-order valence-corrected chi connectivity index (χ3v) is 8.58. The van der Waals surface area contributed by atoms with Crippen LogP contribution in [0.15, 0.2) is 0 Å². The first-order chi connectivity index (χ1) is 9.97. The van der Waals surface area contributed by atoms with Gasteiger partial charge in [-0.1, -0.05) is 26.7 Å². The summed E-state index contributed by atoms with van der Waals surface area (Å²) in [6.45, 7) is 4.90. The van der Waals surface area contributed by atoms with E-state index in [0.29, 0.717) is 17.4 Å². The fourth-order valence-corrected chi connectivity index (χ4v) is 7.46. The molecule has 0 bridgehead atoms. The van der Waals surface area contributed by atoms with Gasteiger partial charge in [0.05, 0.1) is 6.10 Å². The summed E-state index contributed by atoms with van der Waals surface area (Å²) in [6, 6.07) is 0.315. The first-order valence-corrected chi connectivity index (χ1v) is 9.40. The fraction of sp³-hybridized carbons (Fsp3) is 1.00. The van der Waals surface area contributed by atoms with E-state index < -0.39 is 0 Å². The van der Waals surface area contributed by atoms with Crippen molar-refractivity contribution in [3.63, 3.8) is 0 Å². The molecule has 4 rings (SSSR count). The highest BCUT2D eigenvalue weighted by Gasteiger charge is 2.61. The molecule has 4 aliphatic rings. The molecule has 0 aromatic carbocycles. The van der Waals surface area contributed by atoms with Crippen molar-refractivity contribution < 1.29 is 5.11 Å². The number of hydrogen-bond donors (Lipinski definition) is 2. The third-order valence-electron chi connectivity index (χ3n) is 8.58. The van der Waals surface area contributed by atoms with Crippen molar-refractivity contribution in [1.82, 2.24) is 0 Å². The lowest BCUT2D eigenvalue weighted by Gasteiger charge is -2.61. The van der Waals surface area contributed by atoms with Crippen LogP contribution in [0.4, 0.5) is 0 Å². The van der Waals surface area contributed by atoms with E-state index >= 15 is 0 Å². The third kappa shape index (κ3) is 1.84. The number of rotatable bonds is 0. The minimum absolute atomic E-state index is 0.105. The van der Waals surface area contributed by atoms with Crippen LogP contribution in [-0.4, -0.2) is 17.3 Å². The van der Waals surface area contributed by atoms with E-state index in [2.05, 4.69) is 13.8 Å². The second-order valence-corrected chi connectivity index (χ2v) is 9.28. The van der Waals surface area contributed by atoms with Crippen molar-refractivity contribution >= 4 is 0 Å². The van der Waals surface area contributed by atoms with Crippen LogP contribution in [-0.2, 0) is 0 Å². The number of aliphatic hydroxyl groups is 1. The molecular formula is C19H33NO. The molecule has 0 aliphatic heterocycles. The molecule has 0 aromatic heterocycles. The maximum absolute atomic E-state index is 11.1. The van der Waals surface area contributed by atoms with Gasteiger partial charge < -0.3 is 10.8 Å². The van der Waals surface area contributed by atoms with Gasteiger partial charge in [0.15, 0.2) is 0 Å². The molecule has 0 saturated heterocycles. The second-order valence-electron chi connectivity index (χ2n) is 9.28. The van der Waals surface area contributed by atoms with Gasteiger partial charge in [-0.3, -0.25) is 0 Å². The van der Waals surface area contributed by atoms with Crippen LogP contribution in [0.3, 0.4) is 0 Å². The number of nitrogens with two attached hydrogens (primary N) is 1. The second kappa shape index (κ2) is 4.71. The Morgan fingerprint density at radius 1 is 0.952 bits per heavy atom.